The largest absolute Gasteiger partial charge is 0.489 e. The molecule has 2 aromatic rings. The third-order valence-electron chi connectivity index (χ3n) is 2.88. The molecule has 1 unspecified atom stereocenters. The van der Waals surface area contributed by atoms with E-state index in [0.717, 1.165) is 11.1 Å². The first-order chi connectivity index (χ1) is 9.49. The van der Waals surface area contributed by atoms with Crippen LogP contribution >= 0.6 is 34.8 Å². The number of hydrogen-bond acceptors (Lipinski definition) is 2. The Kier molecular flexibility index (Phi) is 5.17. The fourth-order valence-electron chi connectivity index (χ4n) is 1.82. The van der Waals surface area contributed by atoms with E-state index >= 15 is 0 Å². The fraction of sp³-hybridized carbons (Fsp3) is 0.200. The molecule has 0 saturated carbocycles. The Balaban J connectivity index is 2.21. The SMILES string of the molecule is CC(N)c1cc(Cl)ccc1OCc1cccc(Cl)c1Cl. The summed E-state index contributed by atoms with van der Waals surface area (Å²) in [5.41, 5.74) is 7.60. The Labute approximate surface area is 133 Å². The second kappa shape index (κ2) is 6.68. The molecule has 2 rings (SSSR count). The van der Waals surface area contributed by atoms with Gasteiger partial charge in [-0.2, -0.15) is 0 Å². The van der Waals surface area contributed by atoms with Crippen molar-refractivity contribution >= 4 is 34.8 Å². The molecule has 0 radical (unpaired) electrons. The molecular weight excluding hydrogens is 317 g/mol. The van der Waals surface area contributed by atoms with Crippen LogP contribution in [0.5, 0.6) is 5.75 Å². The van der Waals surface area contributed by atoms with Gasteiger partial charge in [-0.1, -0.05) is 46.9 Å². The van der Waals surface area contributed by atoms with E-state index in [-0.39, 0.29) is 6.04 Å². The van der Waals surface area contributed by atoms with Crippen LogP contribution in [0.1, 0.15) is 24.1 Å². The van der Waals surface area contributed by atoms with Crippen molar-refractivity contribution in [3.05, 3.63) is 62.6 Å². The number of benzene rings is 2. The van der Waals surface area contributed by atoms with Gasteiger partial charge in [0.25, 0.3) is 0 Å². The average Bonchev–Trinajstić information content (AvgIpc) is 2.41. The van der Waals surface area contributed by atoms with E-state index in [1.807, 2.05) is 19.1 Å². The predicted octanol–water partition coefficient (Wildman–Crippen LogP) is 5.25. The molecule has 0 aliphatic heterocycles. The van der Waals surface area contributed by atoms with E-state index in [1.54, 1.807) is 24.3 Å². The van der Waals surface area contributed by atoms with Crippen LogP contribution in [0.2, 0.25) is 15.1 Å². The zero-order valence-corrected chi connectivity index (χ0v) is 13.1. The van der Waals surface area contributed by atoms with Gasteiger partial charge in [-0.3, -0.25) is 0 Å². The van der Waals surface area contributed by atoms with Crippen molar-refractivity contribution in [1.82, 2.24) is 0 Å². The molecule has 1 atom stereocenters. The van der Waals surface area contributed by atoms with Crippen LogP contribution in [0.3, 0.4) is 0 Å². The van der Waals surface area contributed by atoms with Crippen LogP contribution in [0.4, 0.5) is 0 Å². The van der Waals surface area contributed by atoms with E-state index < -0.39 is 0 Å². The molecule has 0 bridgehead atoms. The molecule has 0 aliphatic rings. The Hall–Kier alpha value is -0.930. The van der Waals surface area contributed by atoms with Gasteiger partial charge in [0.1, 0.15) is 12.4 Å². The molecule has 20 heavy (non-hydrogen) atoms. The Bertz CT molecular complexity index is 614. The summed E-state index contributed by atoms with van der Waals surface area (Å²) >= 11 is 18.1. The molecule has 0 saturated heterocycles. The second-order valence-corrected chi connectivity index (χ2v) is 5.69. The molecule has 106 valence electrons. The highest BCUT2D eigenvalue weighted by Gasteiger charge is 2.11. The monoisotopic (exact) mass is 329 g/mol. The van der Waals surface area contributed by atoms with E-state index in [0.29, 0.717) is 27.4 Å². The molecule has 0 fully saturated rings. The average molecular weight is 331 g/mol. The van der Waals surface area contributed by atoms with Crippen molar-refractivity contribution in [1.29, 1.82) is 0 Å². The lowest BCUT2D eigenvalue weighted by Gasteiger charge is -2.15. The summed E-state index contributed by atoms with van der Waals surface area (Å²) in [7, 11) is 0. The molecule has 0 aromatic heterocycles. The smallest absolute Gasteiger partial charge is 0.124 e. The summed E-state index contributed by atoms with van der Waals surface area (Å²) in [5.74, 6) is 0.695. The van der Waals surface area contributed by atoms with Gasteiger partial charge in [-0.05, 0) is 31.2 Å². The lowest BCUT2D eigenvalue weighted by Crippen LogP contribution is -2.08. The standard InChI is InChI=1S/C15H14Cl3NO/c1-9(19)12-7-11(16)5-6-14(12)20-8-10-3-2-4-13(17)15(10)18/h2-7,9H,8,19H2,1H3. The lowest BCUT2D eigenvalue weighted by molar-refractivity contribution is 0.301. The number of rotatable bonds is 4. The molecule has 5 heteroatoms. The summed E-state index contributed by atoms with van der Waals surface area (Å²) in [6.07, 6.45) is 0. The van der Waals surface area contributed by atoms with Crippen LogP contribution in [0.15, 0.2) is 36.4 Å². The van der Waals surface area contributed by atoms with Crippen molar-refractivity contribution in [3.63, 3.8) is 0 Å². The van der Waals surface area contributed by atoms with E-state index in [9.17, 15) is 0 Å². The normalized spacial score (nSPS) is 12.2. The van der Waals surface area contributed by atoms with Crippen LogP contribution in [0, 0.1) is 0 Å². The van der Waals surface area contributed by atoms with Crippen LogP contribution in [0.25, 0.3) is 0 Å². The van der Waals surface area contributed by atoms with Crippen molar-refractivity contribution in [3.8, 4) is 5.75 Å². The van der Waals surface area contributed by atoms with Crippen molar-refractivity contribution < 1.29 is 4.74 Å². The van der Waals surface area contributed by atoms with E-state index in [1.165, 1.54) is 0 Å². The number of ether oxygens (including phenoxy) is 1. The minimum absolute atomic E-state index is 0.168. The van der Waals surface area contributed by atoms with Gasteiger partial charge in [0, 0.05) is 22.2 Å². The highest BCUT2D eigenvalue weighted by Crippen LogP contribution is 2.30. The predicted molar refractivity (Wildman–Crippen MR) is 84.8 cm³/mol. The molecule has 0 heterocycles. The Morgan fingerprint density at radius 3 is 2.60 bits per heavy atom. The molecule has 0 aliphatic carbocycles. The van der Waals surface area contributed by atoms with Crippen LogP contribution in [-0.2, 0) is 6.61 Å². The van der Waals surface area contributed by atoms with E-state index in [2.05, 4.69) is 0 Å². The number of halogens is 3. The zero-order chi connectivity index (χ0) is 14.7. The zero-order valence-electron chi connectivity index (χ0n) is 10.9. The first-order valence-electron chi connectivity index (χ1n) is 6.09. The minimum atomic E-state index is -0.168. The minimum Gasteiger partial charge on any atom is -0.489 e. The fourth-order valence-corrected chi connectivity index (χ4v) is 2.38. The van der Waals surface area contributed by atoms with Crippen molar-refractivity contribution in [2.75, 3.05) is 0 Å². The Morgan fingerprint density at radius 1 is 1.15 bits per heavy atom. The molecule has 0 amide bonds. The number of nitrogens with two attached hydrogens (primary N) is 1. The maximum atomic E-state index is 6.13. The first-order valence-corrected chi connectivity index (χ1v) is 7.23. The van der Waals surface area contributed by atoms with Gasteiger partial charge in [-0.25, -0.2) is 0 Å². The van der Waals surface area contributed by atoms with Gasteiger partial charge in [0.05, 0.1) is 10.0 Å². The third kappa shape index (κ3) is 3.58. The molecular formula is C15H14Cl3NO. The summed E-state index contributed by atoms with van der Waals surface area (Å²) in [6.45, 7) is 2.20. The molecule has 2 aromatic carbocycles. The van der Waals surface area contributed by atoms with Gasteiger partial charge >= 0.3 is 0 Å². The molecule has 2 nitrogen and oxygen atoms in total. The maximum absolute atomic E-state index is 6.13. The summed E-state index contributed by atoms with van der Waals surface area (Å²) < 4.78 is 5.79. The Morgan fingerprint density at radius 2 is 1.90 bits per heavy atom. The highest BCUT2D eigenvalue weighted by atomic mass is 35.5. The maximum Gasteiger partial charge on any atom is 0.124 e. The summed E-state index contributed by atoms with van der Waals surface area (Å²) in [4.78, 5) is 0. The third-order valence-corrected chi connectivity index (χ3v) is 3.97. The quantitative estimate of drug-likeness (QED) is 0.831. The van der Waals surface area contributed by atoms with Crippen molar-refractivity contribution in [2.24, 2.45) is 5.73 Å². The van der Waals surface area contributed by atoms with Gasteiger partial charge < -0.3 is 10.5 Å². The van der Waals surface area contributed by atoms with Crippen molar-refractivity contribution in [2.45, 2.75) is 19.6 Å². The first kappa shape index (κ1) is 15.5. The lowest BCUT2D eigenvalue weighted by atomic mass is 10.1. The molecule has 2 N–H and O–H groups in total. The van der Waals surface area contributed by atoms with E-state index in [4.69, 9.17) is 45.3 Å². The van der Waals surface area contributed by atoms with Crippen LogP contribution < -0.4 is 10.5 Å². The van der Waals surface area contributed by atoms with Crippen LogP contribution in [-0.4, -0.2) is 0 Å². The molecule has 0 spiro atoms. The summed E-state index contributed by atoms with van der Waals surface area (Å²) in [6, 6.07) is 10.7. The van der Waals surface area contributed by atoms with Gasteiger partial charge in [-0.15, -0.1) is 0 Å². The topological polar surface area (TPSA) is 35.2 Å². The van der Waals surface area contributed by atoms with Gasteiger partial charge in [0.15, 0.2) is 0 Å². The number of hydrogen-bond donors (Lipinski definition) is 1. The second-order valence-electron chi connectivity index (χ2n) is 4.47. The van der Waals surface area contributed by atoms with Gasteiger partial charge in [0.2, 0.25) is 0 Å². The highest BCUT2D eigenvalue weighted by molar-refractivity contribution is 6.42. The summed E-state index contributed by atoms with van der Waals surface area (Å²) in [5, 5.41) is 1.65.